The lowest BCUT2D eigenvalue weighted by Gasteiger charge is -2.28. The topological polar surface area (TPSA) is 86.7 Å². The monoisotopic (exact) mass is 306 g/mol. The van der Waals surface area contributed by atoms with Crippen LogP contribution in [0.5, 0.6) is 0 Å². The third-order valence-electron chi connectivity index (χ3n) is 4.00. The van der Waals surface area contributed by atoms with Gasteiger partial charge in [-0.3, -0.25) is 19.3 Å². The highest BCUT2D eigenvalue weighted by molar-refractivity contribution is 6.12. The van der Waals surface area contributed by atoms with E-state index in [-0.39, 0.29) is 37.2 Å². The summed E-state index contributed by atoms with van der Waals surface area (Å²) in [5, 5.41) is 13.2. The Morgan fingerprint density at radius 1 is 1.18 bits per heavy atom. The Labute approximate surface area is 129 Å². The molecule has 0 unspecified atom stereocenters. The highest BCUT2D eigenvalue weighted by atomic mass is 16.3. The van der Waals surface area contributed by atoms with Crippen LogP contribution in [-0.4, -0.2) is 46.4 Å². The third-order valence-corrected chi connectivity index (χ3v) is 4.00. The Kier molecular flexibility index (Phi) is 5.49. The van der Waals surface area contributed by atoms with Gasteiger partial charge in [0.05, 0.1) is 12.0 Å². The van der Waals surface area contributed by atoms with Gasteiger partial charge >= 0.3 is 0 Å². The molecule has 3 amide bonds. The fourth-order valence-electron chi connectivity index (χ4n) is 2.76. The highest BCUT2D eigenvalue weighted by Gasteiger charge is 2.29. The van der Waals surface area contributed by atoms with Gasteiger partial charge < -0.3 is 10.4 Å². The molecule has 1 heterocycles. The second kappa shape index (κ2) is 7.35. The average molecular weight is 306 g/mol. The first-order valence-electron chi connectivity index (χ1n) is 7.68. The Bertz CT molecular complexity index is 494. The highest BCUT2D eigenvalue weighted by Crippen LogP contribution is 2.26. The largest absolute Gasteiger partial charge is 0.389 e. The van der Waals surface area contributed by atoms with Gasteiger partial charge in [-0.2, -0.15) is 0 Å². The summed E-state index contributed by atoms with van der Waals surface area (Å²) < 4.78 is 0. The molecule has 0 fully saturated rings. The first-order valence-corrected chi connectivity index (χ1v) is 7.68. The Hall–Kier alpha value is -1.95. The van der Waals surface area contributed by atoms with Crippen molar-refractivity contribution in [3.8, 4) is 0 Å². The summed E-state index contributed by atoms with van der Waals surface area (Å²) in [6.07, 6.45) is 10.4. The van der Waals surface area contributed by atoms with Gasteiger partial charge in [0.25, 0.3) is 11.8 Å². The summed E-state index contributed by atoms with van der Waals surface area (Å²) in [4.78, 5) is 35.8. The molecule has 0 bridgehead atoms. The number of amides is 3. The molecule has 0 saturated carbocycles. The summed E-state index contributed by atoms with van der Waals surface area (Å²) in [6.45, 7) is 0.353. The van der Waals surface area contributed by atoms with Crippen LogP contribution in [0.3, 0.4) is 0 Å². The molecular formula is C16H22N2O4. The van der Waals surface area contributed by atoms with Gasteiger partial charge in [0.15, 0.2) is 0 Å². The number of nitrogens with one attached hydrogen (secondary N) is 1. The molecule has 0 saturated heterocycles. The summed E-state index contributed by atoms with van der Waals surface area (Å²) in [5.41, 5.74) is -0.963. The van der Waals surface area contributed by atoms with Gasteiger partial charge in [0.1, 0.15) is 0 Å². The predicted octanol–water partition coefficient (Wildman–Crippen LogP) is 0.669. The van der Waals surface area contributed by atoms with E-state index in [0.717, 1.165) is 24.2 Å². The van der Waals surface area contributed by atoms with Crippen molar-refractivity contribution in [2.24, 2.45) is 0 Å². The van der Waals surface area contributed by atoms with E-state index in [0.29, 0.717) is 12.8 Å². The second-order valence-electron chi connectivity index (χ2n) is 5.81. The van der Waals surface area contributed by atoms with E-state index < -0.39 is 5.60 Å². The average Bonchev–Trinajstić information content (AvgIpc) is 2.75. The zero-order valence-electron chi connectivity index (χ0n) is 12.6. The molecule has 0 aromatic heterocycles. The number of hydrogen-bond acceptors (Lipinski definition) is 4. The maximum absolute atomic E-state index is 12.0. The molecule has 1 aliphatic carbocycles. The molecule has 1 aliphatic heterocycles. The predicted molar refractivity (Wildman–Crippen MR) is 80.7 cm³/mol. The lowest BCUT2D eigenvalue weighted by atomic mass is 9.86. The molecule has 6 nitrogen and oxygen atoms in total. The summed E-state index contributed by atoms with van der Waals surface area (Å²) >= 11 is 0. The molecule has 0 spiro atoms. The Morgan fingerprint density at radius 2 is 1.86 bits per heavy atom. The summed E-state index contributed by atoms with van der Waals surface area (Å²) in [7, 11) is 0. The van der Waals surface area contributed by atoms with Crippen molar-refractivity contribution in [2.45, 2.75) is 44.1 Å². The SMILES string of the molecule is O=C(C[C@]1(O)CC/C=C/CCC1)NCCN1C(=O)C=CC1=O. The minimum atomic E-state index is -0.963. The van der Waals surface area contributed by atoms with Gasteiger partial charge in [-0.15, -0.1) is 0 Å². The van der Waals surface area contributed by atoms with Gasteiger partial charge in [-0.05, 0) is 32.1 Å². The molecule has 2 aliphatic rings. The van der Waals surface area contributed by atoms with E-state index in [4.69, 9.17) is 0 Å². The molecule has 6 heteroatoms. The maximum atomic E-state index is 12.0. The van der Waals surface area contributed by atoms with Crippen LogP contribution in [0.15, 0.2) is 24.3 Å². The van der Waals surface area contributed by atoms with Crippen LogP contribution in [0.2, 0.25) is 0 Å². The van der Waals surface area contributed by atoms with Crippen LogP contribution in [0.1, 0.15) is 38.5 Å². The van der Waals surface area contributed by atoms with Crippen molar-refractivity contribution >= 4 is 17.7 Å². The zero-order valence-corrected chi connectivity index (χ0v) is 12.6. The van der Waals surface area contributed by atoms with Crippen molar-refractivity contribution in [3.05, 3.63) is 24.3 Å². The molecule has 0 radical (unpaired) electrons. The first-order chi connectivity index (χ1) is 10.5. The summed E-state index contributed by atoms with van der Waals surface area (Å²) in [6, 6.07) is 0. The number of aliphatic hydroxyl groups is 1. The van der Waals surface area contributed by atoms with Crippen LogP contribution in [-0.2, 0) is 14.4 Å². The normalized spacial score (nSPS) is 26.7. The number of nitrogens with zero attached hydrogens (tertiary/aromatic N) is 1. The van der Waals surface area contributed by atoms with Crippen LogP contribution >= 0.6 is 0 Å². The fourth-order valence-corrected chi connectivity index (χ4v) is 2.76. The lowest BCUT2D eigenvalue weighted by molar-refractivity contribution is -0.137. The molecule has 2 N–H and O–H groups in total. The minimum Gasteiger partial charge on any atom is -0.389 e. The molecule has 22 heavy (non-hydrogen) atoms. The molecule has 0 aromatic carbocycles. The molecule has 0 aromatic rings. The Morgan fingerprint density at radius 3 is 2.59 bits per heavy atom. The zero-order chi connectivity index (χ0) is 16.0. The second-order valence-corrected chi connectivity index (χ2v) is 5.81. The number of carbonyl (C=O) groups is 3. The van der Waals surface area contributed by atoms with Crippen LogP contribution in [0.4, 0.5) is 0 Å². The number of hydrogen-bond donors (Lipinski definition) is 2. The third kappa shape index (κ3) is 4.53. The van der Waals surface area contributed by atoms with Gasteiger partial charge in [-0.1, -0.05) is 12.2 Å². The van der Waals surface area contributed by atoms with Gasteiger partial charge in [0, 0.05) is 25.2 Å². The van der Waals surface area contributed by atoms with Crippen LogP contribution in [0, 0.1) is 0 Å². The van der Waals surface area contributed by atoms with Crippen molar-refractivity contribution in [2.75, 3.05) is 13.1 Å². The molecule has 120 valence electrons. The molecular weight excluding hydrogens is 284 g/mol. The van der Waals surface area contributed by atoms with Crippen molar-refractivity contribution in [3.63, 3.8) is 0 Å². The van der Waals surface area contributed by atoms with Crippen molar-refractivity contribution in [1.29, 1.82) is 0 Å². The Balaban J connectivity index is 1.74. The van der Waals surface area contributed by atoms with E-state index in [1.165, 1.54) is 12.2 Å². The van der Waals surface area contributed by atoms with Crippen molar-refractivity contribution < 1.29 is 19.5 Å². The minimum absolute atomic E-state index is 0.0565. The smallest absolute Gasteiger partial charge is 0.253 e. The molecule has 2 rings (SSSR count). The van der Waals surface area contributed by atoms with E-state index in [1.807, 2.05) is 6.08 Å². The van der Waals surface area contributed by atoms with E-state index in [1.54, 1.807) is 0 Å². The van der Waals surface area contributed by atoms with Gasteiger partial charge in [0.2, 0.25) is 5.91 Å². The first kappa shape index (κ1) is 16.4. The van der Waals surface area contributed by atoms with E-state index >= 15 is 0 Å². The van der Waals surface area contributed by atoms with E-state index in [9.17, 15) is 19.5 Å². The lowest BCUT2D eigenvalue weighted by Crippen LogP contribution is -2.41. The van der Waals surface area contributed by atoms with Crippen LogP contribution < -0.4 is 5.32 Å². The van der Waals surface area contributed by atoms with E-state index in [2.05, 4.69) is 11.4 Å². The maximum Gasteiger partial charge on any atom is 0.253 e. The fraction of sp³-hybridized carbons (Fsp3) is 0.562. The number of allylic oxidation sites excluding steroid dienone is 2. The standard InChI is InChI=1S/C16H22N2O4/c19-13(12-16(22)8-4-2-1-3-5-9-16)17-10-11-18-14(20)6-7-15(18)21/h1-2,6-7,22H,3-5,8-12H2,(H,17,19)/b2-1+/t16-/m0/s1. The quantitative estimate of drug-likeness (QED) is 0.577. The number of imide groups is 1. The number of carbonyl (C=O) groups excluding carboxylic acids is 3. The summed E-state index contributed by atoms with van der Waals surface area (Å²) in [5.74, 6) is -0.964. The number of rotatable bonds is 5. The molecule has 1 atom stereocenters. The van der Waals surface area contributed by atoms with Gasteiger partial charge in [-0.25, -0.2) is 0 Å². The van der Waals surface area contributed by atoms with Crippen molar-refractivity contribution in [1.82, 2.24) is 10.2 Å². The van der Waals surface area contributed by atoms with Crippen LogP contribution in [0.25, 0.3) is 0 Å².